The summed E-state index contributed by atoms with van der Waals surface area (Å²) < 4.78 is 11.6. The molecule has 2 rings (SSSR count). The van der Waals surface area contributed by atoms with E-state index in [0.717, 1.165) is 10.0 Å². The van der Waals surface area contributed by atoms with Gasteiger partial charge in [-0.05, 0) is 31.2 Å². The third kappa shape index (κ3) is 2.39. The van der Waals surface area contributed by atoms with Crippen LogP contribution in [-0.2, 0) is 0 Å². The molecule has 4 heteroatoms. The molecule has 0 atom stereocenters. The molecule has 0 bridgehead atoms. The van der Waals surface area contributed by atoms with Gasteiger partial charge in [-0.15, -0.1) is 0 Å². The number of halogens is 1. The molecule has 15 heavy (non-hydrogen) atoms. The lowest BCUT2D eigenvalue weighted by Crippen LogP contribution is -1.87. The van der Waals surface area contributed by atoms with Crippen LogP contribution in [0.15, 0.2) is 39.4 Å². The molecule has 1 heterocycles. The van der Waals surface area contributed by atoms with Gasteiger partial charge in [0.15, 0.2) is 0 Å². The predicted octanol–water partition coefficient (Wildman–Crippen LogP) is 3.50. The van der Waals surface area contributed by atoms with Gasteiger partial charge in [-0.3, -0.25) is 0 Å². The Morgan fingerprint density at radius 3 is 2.73 bits per heavy atom. The molecule has 0 saturated carbocycles. The third-order valence-corrected chi connectivity index (χ3v) is 2.39. The molecule has 2 aromatic rings. The van der Waals surface area contributed by atoms with Crippen molar-refractivity contribution in [2.24, 2.45) is 0 Å². The molecule has 0 unspecified atom stereocenters. The zero-order valence-electron chi connectivity index (χ0n) is 8.24. The van der Waals surface area contributed by atoms with Gasteiger partial charge in [-0.1, -0.05) is 15.9 Å². The van der Waals surface area contributed by atoms with Crippen LogP contribution in [0.1, 0.15) is 6.92 Å². The molecule has 0 aliphatic heterocycles. The molecule has 0 aliphatic rings. The van der Waals surface area contributed by atoms with Crippen LogP contribution in [0.25, 0.3) is 11.5 Å². The van der Waals surface area contributed by atoms with Crippen molar-refractivity contribution in [3.8, 4) is 17.4 Å². The highest BCUT2D eigenvalue weighted by molar-refractivity contribution is 9.10. The maximum atomic E-state index is 5.40. The van der Waals surface area contributed by atoms with Crippen LogP contribution in [-0.4, -0.2) is 11.6 Å². The number of nitrogens with zero attached hydrogens (tertiary/aromatic N) is 1. The summed E-state index contributed by atoms with van der Waals surface area (Å²) in [6.07, 6.45) is 1.58. The maximum absolute atomic E-state index is 5.40. The molecule has 0 fully saturated rings. The molecule has 78 valence electrons. The second kappa shape index (κ2) is 4.49. The number of oxazole rings is 1. The number of aromatic nitrogens is 1. The molecule has 1 aromatic heterocycles. The first-order chi connectivity index (χ1) is 7.29. The fourth-order valence-electron chi connectivity index (χ4n) is 1.19. The Bertz CT molecular complexity index is 436. The lowest BCUT2D eigenvalue weighted by atomic mass is 10.2. The first-order valence-electron chi connectivity index (χ1n) is 4.64. The number of ether oxygens (including phenoxy) is 1. The lowest BCUT2D eigenvalue weighted by Gasteiger charge is -1.96. The number of benzene rings is 1. The van der Waals surface area contributed by atoms with Crippen LogP contribution in [0.3, 0.4) is 0 Å². The van der Waals surface area contributed by atoms with Crippen molar-refractivity contribution in [1.82, 2.24) is 4.98 Å². The Morgan fingerprint density at radius 1 is 1.33 bits per heavy atom. The van der Waals surface area contributed by atoms with Crippen LogP contribution in [0, 0.1) is 0 Å². The Balaban J connectivity index is 2.25. The second-order valence-corrected chi connectivity index (χ2v) is 3.84. The highest BCUT2D eigenvalue weighted by atomic mass is 79.9. The average Bonchev–Trinajstić information content (AvgIpc) is 2.68. The standard InChI is InChI=1S/C11H10BrNO2/c1-2-14-10-7-13-11(15-10)8-3-5-9(12)6-4-8/h3-7H,2H2,1H3. The minimum atomic E-state index is 0.454. The summed E-state index contributed by atoms with van der Waals surface area (Å²) in [5.74, 6) is 1.03. The number of rotatable bonds is 3. The summed E-state index contributed by atoms with van der Waals surface area (Å²) in [6, 6.07) is 7.76. The molecule has 1 aromatic carbocycles. The SMILES string of the molecule is CCOc1cnc(-c2ccc(Br)cc2)o1. The Labute approximate surface area is 96.2 Å². The van der Waals surface area contributed by atoms with Crippen LogP contribution in [0.5, 0.6) is 5.95 Å². The summed E-state index contributed by atoms with van der Waals surface area (Å²) in [5.41, 5.74) is 0.934. The van der Waals surface area contributed by atoms with Crippen molar-refractivity contribution in [1.29, 1.82) is 0 Å². The molecular formula is C11H10BrNO2. The van der Waals surface area contributed by atoms with Crippen LogP contribution in [0.4, 0.5) is 0 Å². The average molecular weight is 268 g/mol. The predicted molar refractivity (Wildman–Crippen MR) is 60.8 cm³/mol. The molecular weight excluding hydrogens is 258 g/mol. The van der Waals surface area contributed by atoms with Gasteiger partial charge >= 0.3 is 5.95 Å². The summed E-state index contributed by atoms with van der Waals surface area (Å²) in [6.45, 7) is 2.48. The lowest BCUT2D eigenvalue weighted by molar-refractivity contribution is 0.260. The van der Waals surface area contributed by atoms with Gasteiger partial charge in [-0.25, -0.2) is 4.98 Å². The van der Waals surface area contributed by atoms with Crippen LogP contribution < -0.4 is 4.74 Å². The normalized spacial score (nSPS) is 10.3. The van der Waals surface area contributed by atoms with E-state index in [1.807, 2.05) is 31.2 Å². The minimum absolute atomic E-state index is 0.454. The van der Waals surface area contributed by atoms with E-state index in [0.29, 0.717) is 18.4 Å². The monoisotopic (exact) mass is 267 g/mol. The highest BCUT2D eigenvalue weighted by Gasteiger charge is 2.06. The Kier molecular flexibility index (Phi) is 3.06. The summed E-state index contributed by atoms with van der Waals surface area (Å²) in [7, 11) is 0. The van der Waals surface area contributed by atoms with Gasteiger partial charge < -0.3 is 9.15 Å². The van der Waals surface area contributed by atoms with Gasteiger partial charge in [0.25, 0.3) is 0 Å². The summed E-state index contributed by atoms with van der Waals surface area (Å²) in [4.78, 5) is 4.13. The molecule has 0 N–H and O–H groups in total. The largest absolute Gasteiger partial charge is 0.464 e. The molecule has 0 radical (unpaired) electrons. The maximum Gasteiger partial charge on any atom is 0.305 e. The first-order valence-corrected chi connectivity index (χ1v) is 5.43. The Morgan fingerprint density at radius 2 is 2.07 bits per heavy atom. The fraction of sp³-hybridized carbons (Fsp3) is 0.182. The molecule has 0 aliphatic carbocycles. The summed E-state index contributed by atoms with van der Waals surface area (Å²) >= 11 is 3.37. The topological polar surface area (TPSA) is 35.3 Å². The van der Waals surface area contributed by atoms with Crippen molar-refractivity contribution in [3.05, 3.63) is 34.9 Å². The number of hydrogen-bond donors (Lipinski definition) is 0. The zero-order valence-corrected chi connectivity index (χ0v) is 9.82. The molecule has 0 amide bonds. The smallest absolute Gasteiger partial charge is 0.305 e. The van der Waals surface area contributed by atoms with Crippen molar-refractivity contribution in [2.75, 3.05) is 6.61 Å². The van der Waals surface area contributed by atoms with Gasteiger partial charge in [0.05, 0.1) is 6.61 Å². The third-order valence-electron chi connectivity index (χ3n) is 1.86. The van der Waals surface area contributed by atoms with E-state index in [9.17, 15) is 0 Å². The van der Waals surface area contributed by atoms with Crippen LogP contribution >= 0.6 is 15.9 Å². The summed E-state index contributed by atoms with van der Waals surface area (Å²) in [5, 5.41) is 0. The van der Waals surface area contributed by atoms with Crippen LogP contribution in [0.2, 0.25) is 0 Å². The van der Waals surface area contributed by atoms with E-state index in [2.05, 4.69) is 20.9 Å². The Hall–Kier alpha value is -1.29. The van der Waals surface area contributed by atoms with E-state index in [-0.39, 0.29) is 0 Å². The second-order valence-electron chi connectivity index (χ2n) is 2.92. The van der Waals surface area contributed by atoms with Gasteiger partial charge in [0.1, 0.15) is 6.20 Å². The zero-order chi connectivity index (χ0) is 10.7. The fourth-order valence-corrected chi connectivity index (χ4v) is 1.46. The molecule has 0 saturated heterocycles. The van der Waals surface area contributed by atoms with Gasteiger partial charge in [0, 0.05) is 10.0 Å². The van der Waals surface area contributed by atoms with Crippen molar-refractivity contribution in [2.45, 2.75) is 6.92 Å². The highest BCUT2D eigenvalue weighted by Crippen LogP contribution is 2.24. The molecule has 3 nitrogen and oxygen atoms in total. The molecule has 0 spiro atoms. The van der Waals surface area contributed by atoms with E-state index >= 15 is 0 Å². The van der Waals surface area contributed by atoms with E-state index in [1.54, 1.807) is 6.20 Å². The van der Waals surface area contributed by atoms with Gasteiger partial charge in [-0.2, -0.15) is 0 Å². The van der Waals surface area contributed by atoms with Crippen molar-refractivity contribution in [3.63, 3.8) is 0 Å². The number of hydrogen-bond acceptors (Lipinski definition) is 3. The van der Waals surface area contributed by atoms with Crippen molar-refractivity contribution >= 4 is 15.9 Å². The van der Waals surface area contributed by atoms with E-state index in [4.69, 9.17) is 9.15 Å². The van der Waals surface area contributed by atoms with E-state index in [1.165, 1.54) is 0 Å². The minimum Gasteiger partial charge on any atom is -0.464 e. The van der Waals surface area contributed by atoms with Gasteiger partial charge in [0.2, 0.25) is 5.89 Å². The quantitative estimate of drug-likeness (QED) is 0.854. The van der Waals surface area contributed by atoms with Crippen molar-refractivity contribution < 1.29 is 9.15 Å². The first kappa shape index (κ1) is 10.2. The van der Waals surface area contributed by atoms with E-state index < -0.39 is 0 Å².